The zero-order valence-electron chi connectivity index (χ0n) is 15.4. The maximum Gasteiger partial charge on any atom is 0.262 e. The number of thiophene rings is 1. The van der Waals surface area contributed by atoms with Gasteiger partial charge in [0.1, 0.15) is 10.8 Å². The van der Waals surface area contributed by atoms with Crippen LogP contribution in [0.1, 0.15) is 23.2 Å². The molecule has 0 radical (unpaired) electrons. The first kappa shape index (κ1) is 18.9. The van der Waals surface area contributed by atoms with Crippen molar-refractivity contribution >= 4 is 26.4 Å². The highest BCUT2D eigenvalue weighted by Crippen LogP contribution is 2.43. The molecule has 28 heavy (non-hydrogen) atoms. The Balaban J connectivity index is 1.71. The normalized spacial score (nSPS) is 13.9. The van der Waals surface area contributed by atoms with Gasteiger partial charge in [0.2, 0.25) is 0 Å². The van der Waals surface area contributed by atoms with E-state index in [2.05, 4.69) is 14.9 Å². The van der Waals surface area contributed by atoms with Crippen molar-refractivity contribution in [2.45, 2.75) is 31.8 Å². The maximum absolute atomic E-state index is 12.9. The van der Waals surface area contributed by atoms with E-state index in [4.69, 9.17) is 14.0 Å². The SMILES string of the molecule is CCOc1ccc(S(=O)(=O)Nc2sc3c(c2-c2nc(C)no2)CCOC3)cc1. The molecule has 0 spiro atoms. The molecule has 0 fully saturated rings. The summed E-state index contributed by atoms with van der Waals surface area (Å²) in [6.45, 7) is 5.11. The number of aryl methyl sites for hydroxylation is 1. The Morgan fingerprint density at radius 2 is 2.07 bits per heavy atom. The third kappa shape index (κ3) is 3.62. The number of ether oxygens (including phenoxy) is 2. The number of fused-ring (bicyclic) bond motifs is 1. The molecule has 1 aliphatic heterocycles. The van der Waals surface area contributed by atoms with Gasteiger partial charge in [0.15, 0.2) is 5.82 Å². The maximum atomic E-state index is 12.9. The minimum atomic E-state index is -3.79. The highest BCUT2D eigenvalue weighted by Gasteiger charge is 2.28. The summed E-state index contributed by atoms with van der Waals surface area (Å²) < 4.78 is 44.8. The first-order valence-electron chi connectivity index (χ1n) is 8.76. The average Bonchev–Trinajstić information content (AvgIpc) is 3.24. The largest absolute Gasteiger partial charge is 0.494 e. The lowest BCUT2D eigenvalue weighted by Crippen LogP contribution is -2.13. The van der Waals surface area contributed by atoms with Gasteiger partial charge < -0.3 is 14.0 Å². The second-order valence-corrected chi connectivity index (χ2v) is 8.95. The highest BCUT2D eigenvalue weighted by atomic mass is 32.2. The second-order valence-electron chi connectivity index (χ2n) is 6.17. The Bertz CT molecular complexity index is 1090. The predicted octanol–water partition coefficient (Wildman–Crippen LogP) is 3.38. The van der Waals surface area contributed by atoms with Crippen LogP contribution in [-0.4, -0.2) is 31.8 Å². The van der Waals surface area contributed by atoms with E-state index < -0.39 is 10.0 Å². The fourth-order valence-corrected chi connectivity index (χ4v) is 5.47. The number of aromatic nitrogens is 2. The summed E-state index contributed by atoms with van der Waals surface area (Å²) in [7, 11) is -3.79. The molecule has 3 aromatic rings. The van der Waals surface area contributed by atoms with E-state index >= 15 is 0 Å². The van der Waals surface area contributed by atoms with Crippen LogP contribution in [0.4, 0.5) is 5.00 Å². The summed E-state index contributed by atoms with van der Waals surface area (Å²) in [5, 5.41) is 4.29. The lowest BCUT2D eigenvalue weighted by atomic mass is 10.1. The first-order valence-corrected chi connectivity index (χ1v) is 11.1. The fourth-order valence-electron chi connectivity index (χ4n) is 2.99. The van der Waals surface area contributed by atoms with Crippen LogP contribution in [0.15, 0.2) is 33.7 Å². The van der Waals surface area contributed by atoms with Gasteiger partial charge in [-0.2, -0.15) is 4.98 Å². The van der Waals surface area contributed by atoms with E-state index in [9.17, 15) is 8.42 Å². The van der Waals surface area contributed by atoms with Crippen LogP contribution < -0.4 is 9.46 Å². The summed E-state index contributed by atoms with van der Waals surface area (Å²) in [5.74, 6) is 1.41. The molecule has 0 saturated heterocycles. The van der Waals surface area contributed by atoms with E-state index in [-0.39, 0.29) is 4.90 Å². The van der Waals surface area contributed by atoms with Crippen LogP contribution in [0.25, 0.3) is 11.5 Å². The number of nitrogens with zero attached hydrogens (tertiary/aromatic N) is 2. The minimum Gasteiger partial charge on any atom is -0.494 e. The van der Waals surface area contributed by atoms with Crippen molar-refractivity contribution in [1.82, 2.24) is 10.1 Å². The predicted molar refractivity (Wildman–Crippen MR) is 104 cm³/mol. The van der Waals surface area contributed by atoms with Crippen molar-refractivity contribution in [3.8, 4) is 17.2 Å². The van der Waals surface area contributed by atoms with Gasteiger partial charge in [-0.25, -0.2) is 8.42 Å². The van der Waals surface area contributed by atoms with Crippen molar-refractivity contribution < 1.29 is 22.4 Å². The smallest absolute Gasteiger partial charge is 0.262 e. The molecule has 10 heteroatoms. The lowest BCUT2D eigenvalue weighted by Gasteiger charge is -2.12. The summed E-state index contributed by atoms with van der Waals surface area (Å²) >= 11 is 1.33. The number of benzene rings is 1. The van der Waals surface area contributed by atoms with Gasteiger partial charge in [-0.15, -0.1) is 11.3 Å². The van der Waals surface area contributed by atoms with Gasteiger partial charge in [0, 0.05) is 4.88 Å². The number of sulfonamides is 1. The Kier molecular flexibility index (Phi) is 5.09. The number of rotatable bonds is 6. The zero-order chi connectivity index (χ0) is 19.7. The molecule has 1 N–H and O–H groups in total. The quantitative estimate of drug-likeness (QED) is 0.651. The first-order chi connectivity index (χ1) is 13.5. The lowest BCUT2D eigenvalue weighted by molar-refractivity contribution is 0.113. The minimum absolute atomic E-state index is 0.145. The monoisotopic (exact) mass is 421 g/mol. The van der Waals surface area contributed by atoms with Gasteiger partial charge in [-0.05, 0) is 50.1 Å². The molecule has 0 atom stereocenters. The van der Waals surface area contributed by atoms with Crippen LogP contribution in [0, 0.1) is 6.92 Å². The van der Waals surface area contributed by atoms with E-state index in [0.29, 0.717) is 54.3 Å². The number of hydrogen-bond acceptors (Lipinski definition) is 8. The second kappa shape index (κ2) is 7.53. The molecular formula is C18H19N3O5S2. The average molecular weight is 422 g/mol. The molecule has 0 amide bonds. The number of hydrogen-bond donors (Lipinski definition) is 1. The molecule has 4 rings (SSSR count). The summed E-state index contributed by atoms with van der Waals surface area (Å²) in [4.78, 5) is 5.40. The van der Waals surface area contributed by atoms with Crippen molar-refractivity contribution in [2.24, 2.45) is 0 Å². The van der Waals surface area contributed by atoms with Gasteiger partial charge in [0.25, 0.3) is 15.9 Å². The van der Waals surface area contributed by atoms with Gasteiger partial charge in [-0.1, -0.05) is 5.16 Å². The highest BCUT2D eigenvalue weighted by molar-refractivity contribution is 7.93. The Hall–Kier alpha value is -2.43. The third-order valence-electron chi connectivity index (χ3n) is 4.23. The Morgan fingerprint density at radius 1 is 1.29 bits per heavy atom. The summed E-state index contributed by atoms with van der Waals surface area (Å²) in [6.07, 6.45) is 0.660. The van der Waals surface area contributed by atoms with E-state index in [1.165, 1.54) is 23.5 Å². The zero-order valence-corrected chi connectivity index (χ0v) is 17.0. The van der Waals surface area contributed by atoms with Crippen LogP contribution in [0.3, 0.4) is 0 Å². The molecule has 0 aliphatic carbocycles. The van der Waals surface area contributed by atoms with Crippen LogP contribution in [0.2, 0.25) is 0 Å². The molecule has 0 saturated carbocycles. The van der Waals surface area contributed by atoms with E-state index in [1.807, 2.05) is 6.92 Å². The summed E-state index contributed by atoms with van der Waals surface area (Å²) in [5.41, 5.74) is 1.63. The molecule has 148 valence electrons. The number of nitrogens with one attached hydrogen (secondary N) is 1. The standard InChI is InChI=1S/C18H19N3O5S2/c1-3-25-12-4-6-13(7-5-12)28(22,23)21-18-16(17-19-11(2)20-26-17)14-8-9-24-10-15(14)27-18/h4-7,21H,3,8-10H2,1-2H3. The van der Waals surface area contributed by atoms with Gasteiger partial charge in [-0.3, -0.25) is 4.72 Å². The van der Waals surface area contributed by atoms with E-state index in [0.717, 1.165) is 10.4 Å². The van der Waals surface area contributed by atoms with Crippen molar-refractivity contribution in [1.29, 1.82) is 0 Å². The molecule has 1 aromatic carbocycles. The van der Waals surface area contributed by atoms with Crippen molar-refractivity contribution in [2.75, 3.05) is 17.9 Å². The Morgan fingerprint density at radius 3 is 2.75 bits per heavy atom. The molecular weight excluding hydrogens is 402 g/mol. The number of anilines is 1. The van der Waals surface area contributed by atoms with E-state index in [1.54, 1.807) is 19.1 Å². The summed E-state index contributed by atoms with van der Waals surface area (Å²) in [6, 6.07) is 6.29. The molecule has 0 unspecified atom stereocenters. The Labute approximate surface area is 166 Å². The third-order valence-corrected chi connectivity index (χ3v) is 6.85. The van der Waals surface area contributed by atoms with Crippen LogP contribution >= 0.6 is 11.3 Å². The topological polar surface area (TPSA) is 104 Å². The molecule has 3 heterocycles. The molecule has 8 nitrogen and oxygen atoms in total. The van der Waals surface area contributed by atoms with Crippen molar-refractivity contribution in [3.05, 3.63) is 40.5 Å². The molecule has 2 aromatic heterocycles. The molecule has 0 bridgehead atoms. The fraction of sp³-hybridized carbons (Fsp3) is 0.333. The van der Waals surface area contributed by atoms with Crippen molar-refractivity contribution in [3.63, 3.8) is 0 Å². The van der Waals surface area contributed by atoms with Crippen LogP contribution in [-0.2, 0) is 27.8 Å². The van der Waals surface area contributed by atoms with Crippen LogP contribution in [0.5, 0.6) is 5.75 Å². The van der Waals surface area contributed by atoms with Gasteiger partial charge in [0.05, 0.1) is 30.3 Å². The van der Waals surface area contributed by atoms with Gasteiger partial charge >= 0.3 is 0 Å². The molecule has 1 aliphatic rings.